The number of hydrogen-bond donors (Lipinski definition) is 1. The monoisotopic (exact) mass is 395 g/mol. The maximum atomic E-state index is 12.5. The molecule has 0 bridgehead atoms. The maximum absolute atomic E-state index is 12.5. The van der Waals surface area contributed by atoms with E-state index in [4.69, 9.17) is 14.0 Å². The van der Waals surface area contributed by atoms with Gasteiger partial charge in [-0.2, -0.15) is 4.98 Å². The van der Waals surface area contributed by atoms with Crippen LogP contribution in [0.4, 0.5) is 0 Å². The van der Waals surface area contributed by atoms with E-state index in [0.717, 1.165) is 4.88 Å². The highest BCUT2D eigenvalue weighted by Crippen LogP contribution is 2.28. The lowest BCUT2D eigenvalue weighted by atomic mass is 10.3. The molecule has 0 aliphatic carbocycles. The number of benzene rings is 1. The van der Waals surface area contributed by atoms with Crippen molar-refractivity contribution in [1.29, 1.82) is 0 Å². The molecule has 8 nitrogen and oxygen atoms in total. The van der Waals surface area contributed by atoms with Crippen molar-refractivity contribution in [3.63, 3.8) is 0 Å². The minimum atomic E-state index is -3.75. The molecular weight excluding hydrogens is 378 g/mol. The second kappa shape index (κ2) is 7.85. The Hall–Kier alpha value is -2.43. The van der Waals surface area contributed by atoms with Crippen molar-refractivity contribution in [1.82, 2.24) is 14.9 Å². The molecule has 1 aromatic carbocycles. The first-order chi connectivity index (χ1) is 12.5. The molecule has 10 heteroatoms. The Labute approximate surface area is 154 Å². The third-order valence-corrected chi connectivity index (χ3v) is 5.87. The molecule has 0 unspecified atom stereocenters. The Morgan fingerprint density at radius 2 is 2.08 bits per heavy atom. The van der Waals surface area contributed by atoms with Crippen molar-refractivity contribution >= 4 is 21.4 Å². The molecule has 0 spiro atoms. The zero-order valence-corrected chi connectivity index (χ0v) is 15.8. The molecule has 3 aromatic rings. The molecule has 0 atom stereocenters. The normalized spacial score (nSPS) is 11.5. The van der Waals surface area contributed by atoms with Gasteiger partial charge in [0.2, 0.25) is 21.7 Å². The molecule has 0 saturated heterocycles. The van der Waals surface area contributed by atoms with Gasteiger partial charge in [0.1, 0.15) is 16.4 Å². The predicted octanol–water partition coefficient (Wildman–Crippen LogP) is 2.34. The van der Waals surface area contributed by atoms with Gasteiger partial charge in [-0.1, -0.05) is 11.2 Å². The largest absolute Gasteiger partial charge is 0.497 e. The number of hydrogen-bond acceptors (Lipinski definition) is 8. The number of nitrogens with one attached hydrogen (secondary N) is 1. The highest BCUT2D eigenvalue weighted by Gasteiger charge is 2.20. The van der Waals surface area contributed by atoms with Crippen LogP contribution in [0.2, 0.25) is 0 Å². The van der Waals surface area contributed by atoms with E-state index in [1.165, 1.54) is 37.7 Å². The molecule has 26 heavy (non-hydrogen) atoms. The first-order valence-electron chi connectivity index (χ1n) is 7.61. The lowest BCUT2D eigenvalue weighted by molar-refractivity contribution is 0.378. The smallest absolute Gasteiger partial charge is 0.244 e. The summed E-state index contributed by atoms with van der Waals surface area (Å²) in [7, 11) is -0.856. The molecule has 0 amide bonds. The average Bonchev–Trinajstić information content (AvgIpc) is 3.32. The Bertz CT molecular complexity index is 968. The van der Waals surface area contributed by atoms with E-state index in [0.29, 0.717) is 17.5 Å². The van der Waals surface area contributed by atoms with Crippen LogP contribution in [0.25, 0.3) is 10.7 Å². The molecule has 0 aliphatic heterocycles. The second-order valence-corrected chi connectivity index (χ2v) is 7.84. The summed E-state index contributed by atoms with van der Waals surface area (Å²) in [6, 6.07) is 8.29. The van der Waals surface area contributed by atoms with Crippen LogP contribution in [0, 0.1) is 0 Å². The average molecular weight is 395 g/mol. The minimum Gasteiger partial charge on any atom is -0.497 e. The van der Waals surface area contributed by atoms with Gasteiger partial charge in [0.05, 0.1) is 19.1 Å². The van der Waals surface area contributed by atoms with Crippen molar-refractivity contribution in [2.24, 2.45) is 0 Å². The third-order valence-electron chi connectivity index (χ3n) is 3.50. The van der Waals surface area contributed by atoms with Gasteiger partial charge in [-0.15, -0.1) is 11.3 Å². The van der Waals surface area contributed by atoms with Gasteiger partial charge in [-0.25, -0.2) is 13.1 Å². The van der Waals surface area contributed by atoms with Crippen LogP contribution in [0.5, 0.6) is 11.5 Å². The summed E-state index contributed by atoms with van der Waals surface area (Å²) in [4.78, 5) is 5.18. The first kappa shape index (κ1) is 18.4. The van der Waals surface area contributed by atoms with Crippen LogP contribution in [0.3, 0.4) is 0 Å². The summed E-state index contributed by atoms with van der Waals surface area (Å²) >= 11 is 1.50. The molecule has 1 N–H and O–H groups in total. The second-order valence-electron chi connectivity index (χ2n) is 5.15. The number of ether oxygens (including phenoxy) is 2. The molecule has 0 saturated carbocycles. The van der Waals surface area contributed by atoms with E-state index in [1.54, 1.807) is 6.07 Å². The van der Waals surface area contributed by atoms with Crippen molar-refractivity contribution < 1.29 is 22.4 Å². The SMILES string of the molecule is COc1ccc(S(=O)(=O)NCCc2nc(-c3cccs3)no2)c(OC)c1. The van der Waals surface area contributed by atoms with Crippen molar-refractivity contribution in [2.75, 3.05) is 20.8 Å². The van der Waals surface area contributed by atoms with E-state index in [2.05, 4.69) is 14.9 Å². The summed E-state index contributed by atoms with van der Waals surface area (Å²) in [5, 5.41) is 5.81. The first-order valence-corrected chi connectivity index (χ1v) is 9.98. The fraction of sp³-hybridized carbons (Fsp3) is 0.250. The number of methoxy groups -OCH3 is 2. The molecule has 3 rings (SSSR count). The van der Waals surface area contributed by atoms with Crippen LogP contribution < -0.4 is 14.2 Å². The molecular formula is C16H17N3O5S2. The molecule has 0 radical (unpaired) electrons. The number of rotatable bonds is 8. The standard InChI is InChI=1S/C16H17N3O5S2/c1-22-11-5-6-14(12(10-11)23-2)26(20,21)17-8-7-15-18-16(19-24-15)13-4-3-9-25-13/h3-6,9-10,17H,7-8H2,1-2H3. The fourth-order valence-corrected chi connectivity index (χ4v) is 4.06. The van der Waals surface area contributed by atoms with Crippen molar-refractivity contribution in [2.45, 2.75) is 11.3 Å². The van der Waals surface area contributed by atoms with E-state index in [1.807, 2.05) is 17.5 Å². The third kappa shape index (κ3) is 4.03. The predicted molar refractivity (Wildman–Crippen MR) is 96.0 cm³/mol. The summed E-state index contributed by atoms with van der Waals surface area (Å²) in [5.41, 5.74) is 0. The number of thiophene rings is 1. The number of nitrogens with zero attached hydrogens (tertiary/aromatic N) is 2. The fourth-order valence-electron chi connectivity index (χ4n) is 2.23. The quantitative estimate of drug-likeness (QED) is 0.624. The number of aromatic nitrogens is 2. The van der Waals surface area contributed by atoms with Crippen LogP contribution >= 0.6 is 11.3 Å². The Morgan fingerprint density at radius 3 is 2.77 bits per heavy atom. The van der Waals surface area contributed by atoms with Gasteiger partial charge in [0.15, 0.2) is 0 Å². The topological polar surface area (TPSA) is 104 Å². The Morgan fingerprint density at radius 1 is 1.23 bits per heavy atom. The Kier molecular flexibility index (Phi) is 5.55. The van der Waals surface area contributed by atoms with E-state index in [-0.39, 0.29) is 23.6 Å². The molecule has 0 fully saturated rings. The Balaban J connectivity index is 1.66. The van der Waals surface area contributed by atoms with Crippen molar-refractivity contribution in [3.05, 3.63) is 41.6 Å². The molecule has 138 valence electrons. The summed E-state index contributed by atoms with van der Waals surface area (Å²) < 4.78 is 42.9. The van der Waals surface area contributed by atoms with Crippen LogP contribution in [-0.4, -0.2) is 39.3 Å². The minimum absolute atomic E-state index is 0.0330. The van der Waals surface area contributed by atoms with Gasteiger partial charge in [0.25, 0.3) is 0 Å². The van der Waals surface area contributed by atoms with Gasteiger partial charge in [-0.05, 0) is 23.6 Å². The lowest BCUT2D eigenvalue weighted by Crippen LogP contribution is -2.26. The van der Waals surface area contributed by atoms with E-state index in [9.17, 15) is 8.42 Å². The summed E-state index contributed by atoms with van der Waals surface area (Å²) in [6.45, 7) is 0.115. The van der Waals surface area contributed by atoms with Crippen LogP contribution in [0.15, 0.2) is 45.1 Å². The van der Waals surface area contributed by atoms with Gasteiger partial charge < -0.3 is 14.0 Å². The molecule has 2 heterocycles. The highest BCUT2D eigenvalue weighted by molar-refractivity contribution is 7.89. The van der Waals surface area contributed by atoms with Gasteiger partial charge in [-0.3, -0.25) is 0 Å². The molecule has 2 aromatic heterocycles. The van der Waals surface area contributed by atoms with Crippen LogP contribution in [-0.2, 0) is 16.4 Å². The van der Waals surface area contributed by atoms with E-state index < -0.39 is 10.0 Å². The molecule has 0 aliphatic rings. The lowest BCUT2D eigenvalue weighted by Gasteiger charge is -2.11. The van der Waals surface area contributed by atoms with Gasteiger partial charge in [0, 0.05) is 19.0 Å². The maximum Gasteiger partial charge on any atom is 0.244 e. The van der Waals surface area contributed by atoms with Gasteiger partial charge >= 0.3 is 0 Å². The number of sulfonamides is 1. The van der Waals surface area contributed by atoms with Crippen molar-refractivity contribution in [3.8, 4) is 22.2 Å². The summed E-state index contributed by atoms with van der Waals surface area (Å²) in [5.74, 6) is 1.56. The zero-order chi connectivity index (χ0) is 18.6. The zero-order valence-electron chi connectivity index (χ0n) is 14.1. The highest BCUT2D eigenvalue weighted by atomic mass is 32.2. The summed E-state index contributed by atoms with van der Waals surface area (Å²) in [6.07, 6.45) is 0.274. The van der Waals surface area contributed by atoms with Crippen LogP contribution in [0.1, 0.15) is 5.89 Å². The van der Waals surface area contributed by atoms with E-state index >= 15 is 0 Å².